The molecular formula is C12H15N3O2S. The van der Waals surface area contributed by atoms with E-state index < -0.39 is 9.84 Å². The smallest absolute Gasteiger partial charge is 0.175 e. The molecule has 0 bridgehead atoms. The lowest BCUT2D eigenvalue weighted by Crippen LogP contribution is -2.07. The second kappa shape index (κ2) is 4.91. The Morgan fingerprint density at radius 1 is 1.28 bits per heavy atom. The lowest BCUT2D eigenvalue weighted by Gasteiger charge is -2.08. The van der Waals surface area contributed by atoms with Crippen LogP contribution in [0.25, 0.3) is 5.69 Å². The van der Waals surface area contributed by atoms with Gasteiger partial charge in [-0.2, -0.15) is 0 Å². The van der Waals surface area contributed by atoms with Crippen LogP contribution in [0.15, 0.2) is 41.7 Å². The van der Waals surface area contributed by atoms with Gasteiger partial charge in [0, 0.05) is 30.3 Å². The van der Waals surface area contributed by atoms with Gasteiger partial charge in [-0.15, -0.1) is 0 Å². The molecule has 2 aromatic rings. The molecule has 0 unspecified atom stereocenters. The van der Waals surface area contributed by atoms with E-state index in [1.165, 1.54) is 6.26 Å². The molecule has 0 aliphatic heterocycles. The predicted octanol–water partition coefficient (Wildman–Crippen LogP) is 0.777. The molecule has 0 aliphatic rings. The Morgan fingerprint density at radius 2 is 1.94 bits per heavy atom. The topological polar surface area (TPSA) is 78.0 Å². The Morgan fingerprint density at radius 3 is 2.50 bits per heavy atom. The van der Waals surface area contributed by atoms with Crippen LogP contribution < -0.4 is 5.73 Å². The predicted molar refractivity (Wildman–Crippen MR) is 69.4 cm³/mol. The minimum absolute atomic E-state index is 0.312. The third-order valence-corrected chi connectivity index (χ3v) is 3.79. The van der Waals surface area contributed by atoms with Crippen LogP contribution in [-0.4, -0.2) is 30.8 Å². The summed E-state index contributed by atoms with van der Waals surface area (Å²) in [4.78, 5) is 4.39. The Labute approximate surface area is 106 Å². The summed E-state index contributed by atoms with van der Waals surface area (Å²) < 4.78 is 24.6. The number of nitrogens with two attached hydrogens (primary N) is 1. The van der Waals surface area contributed by atoms with Crippen molar-refractivity contribution in [3.8, 4) is 5.69 Å². The van der Waals surface area contributed by atoms with Gasteiger partial charge in [-0.3, -0.25) is 0 Å². The van der Waals surface area contributed by atoms with Gasteiger partial charge in [0.25, 0.3) is 0 Å². The molecule has 1 aromatic heterocycles. The van der Waals surface area contributed by atoms with Crippen LogP contribution in [0, 0.1) is 0 Å². The molecule has 18 heavy (non-hydrogen) atoms. The molecule has 0 spiro atoms. The van der Waals surface area contributed by atoms with E-state index in [4.69, 9.17) is 5.73 Å². The zero-order valence-corrected chi connectivity index (χ0v) is 10.9. The van der Waals surface area contributed by atoms with Crippen LogP contribution in [0.3, 0.4) is 0 Å². The zero-order valence-electron chi connectivity index (χ0n) is 10.1. The standard InChI is InChI=1S/C12H15N3O2S/c1-18(16,17)12-4-2-10(3-5-12)15-9-14-8-11(15)6-7-13/h2-5,8-9H,6-7,13H2,1H3. The normalized spacial score (nSPS) is 11.7. The van der Waals surface area contributed by atoms with Gasteiger partial charge in [-0.05, 0) is 30.8 Å². The van der Waals surface area contributed by atoms with Crippen molar-refractivity contribution in [1.82, 2.24) is 9.55 Å². The van der Waals surface area contributed by atoms with E-state index in [9.17, 15) is 8.42 Å². The van der Waals surface area contributed by atoms with Crippen molar-refractivity contribution in [3.05, 3.63) is 42.5 Å². The summed E-state index contributed by atoms with van der Waals surface area (Å²) in [5.74, 6) is 0. The van der Waals surface area contributed by atoms with Crippen LogP contribution in [-0.2, 0) is 16.3 Å². The van der Waals surface area contributed by atoms with Crippen molar-refractivity contribution in [3.63, 3.8) is 0 Å². The molecule has 0 fully saturated rings. The number of hydrogen-bond donors (Lipinski definition) is 1. The Kier molecular flexibility index (Phi) is 3.49. The van der Waals surface area contributed by atoms with Crippen molar-refractivity contribution in [2.24, 2.45) is 5.73 Å². The highest BCUT2D eigenvalue weighted by molar-refractivity contribution is 7.90. The molecule has 0 amide bonds. The fourth-order valence-electron chi connectivity index (χ4n) is 1.74. The monoisotopic (exact) mass is 265 g/mol. The molecule has 6 heteroatoms. The number of sulfone groups is 1. The Balaban J connectivity index is 2.37. The zero-order chi connectivity index (χ0) is 13.2. The number of hydrogen-bond acceptors (Lipinski definition) is 4. The third kappa shape index (κ3) is 2.60. The highest BCUT2D eigenvalue weighted by Gasteiger charge is 2.08. The van der Waals surface area contributed by atoms with E-state index in [0.717, 1.165) is 17.8 Å². The van der Waals surface area contributed by atoms with E-state index >= 15 is 0 Å². The van der Waals surface area contributed by atoms with Gasteiger partial charge in [-0.25, -0.2) is 13.4 Å². The summed E-state index contributed by atoms with van der Waals surface area (Å²) >= 11 is 0. The molecule has 2 rings (SSSR count). The van der Waals surface area contributed by atoms with E-state index in [1.807, 2.05) is 4.57 Å². The number of benzene rings is 1. The number of rotatable bonds is 4. The molecule has 0 atom stereocenters. The van der Waals surface area contributed by atoms with Gasteiger partial charge in [0.1, 0.15) is 0 Å². The fraction of sp³-hybridized carbons (Fsp3) is 0.250. The Hall–Kier alpha value is -1.66. The summed E-state index contributed by atoms with van der Waals surface area (Å²) in [6, 6.07) is 6.71. The highest BCUT2D eigenvalue weighted by Crippen LogP contribution is 2.15. The molecule has 0 radical (unpaired) electrons. The first-order valence-electron chi connectivity index (χ1n) is 5.54. The maximum Gasteiger partial charge on any atom is 0.175 e. The second-order valence-corrected chi connectivity index (χ2v) is 6.08. The van der Waals surface area contributed by atoms with Crippen molar-refractivity contribution in [1.29, 1.82) is 0 Å². The van der Waals surface area contributed by atoms with Gasteiger partial charge < -0.3 is 10.3 Å². The summed E-state index contributed by atoms with van der Waals surface area (Å²) in [6.07, 6.45) is 5.38. The maximum atomic E-state index is 11.4. The Bertz CT molecular complexity index is 630. The summed E-state index contributed by atoms with van der Waals surface area (Å²) in [7, 11) is -3.15. The van der Waals surface area contributed by atoms with Gasteiger partial charge in [-0.1, -0.05) is 0 Å². The number of nitrogens with zero attached hydrogens (tertiary/aromatic N) is 2. The number of aromatic nitrogens is 2. The van der Waals surface area contributed by atoms with Gasteiger partial charge in [0.15, 0.2) is 9.84 Å². The van der Waals surface area contributed by atoms with Crippen LogP contribution >= 0.6 is 0 Å². The molecule has 1 heterocycles. The van der Waals surface area contributed by atoms with Gasteiger partial charge >= 0.3 is 0 Å². The maximum absolute atomic E-state index is 11.4. The van der Waals surface area contributed by atoms with E-state index in [2.05, 4.69) is 4.98 Å². The van der Waals surface area contributed by atoms with E-state index in [1.54, 1.807) is 36.8 Å². The molecular weight excluding hydrogens is 250 g/mol. The fourth-order valence-corrected chi connectivity index (χ4v) is 2.37. The lowest BCUT2D eigenvalue weighted by atomic mass is 10.3. The van der Waals surface area contributed by atoms with Crippen molar-refractivity contribution in [2.45, 2.75) is 11.3 Å². The van der Waals surface area contributed by atoms with Crippen LogP contribution in [0.1, 0.15) is 5.69 Å². The van der Waals surface area contributed by atoms with Crippen molar-refractivity contribution < 1.29 is 8.42 Å². The molecule has 0 aliphatic carbocycles. The summed E-state index contributed by atoms with van der Waals surface area (Å²) in [5, 5.41) is 0. The summed E-state index contributed by atoms with van der Waals surface area (Å²) in [5.41, 5.74) is 7.41. The van der Waals surface area contributed by atoms with Crippen LogP contribution in [0.2, 0.25) is 0 Å². The quantitative estimate of drug-likeness (QED) is 0.886. The van der Waals surface area contributed by atoms with Crippen LogP contribution in [0.5, 0.6) is 0 Å². The minimum atomic E-state index is -3.15. The minimum Gasteiger partial charge on any atom is -0.330 e. The SMILES string of the molecule is CS(=O)(=O)c1ccc(-n2cncc2CCN)cc1. The molecule has 0 saturated carbocycles. The molecule has 2 N–H and O–H groups in total. The summed E-state index contributed by atoms with van der Waals surface area (Å²) in [6.45, 7) is 0.549. The lowest BCUT2D eigenvalue weighted by molar-refractivity contribution is 0.602. The molecule has 96 valence electrons. The average molecular weight is 265 g/mol. The molecule has 0 saturated heterocycles. The molecule has 1 aromatic carbocycles. The molecule has 5 nitrogen and oxygen atoms in total. The van der Waals surface area contributed by atoms with E-state index in [-0.39, 0.29) is 0 Å². The van der Waals surface area contributed by atoms with Crippen molar-refractivity contribution >= 4 is 9.84 Å². The first-order chi connectivity index (χ1) is 8.52. The first-order valence-corrected chi connectivity index (χ1v) is 7.43. The second-order valence-electron chi connectivity index (χ2n) is 4.06. The first kappa shape index (κ1) is 12.8. The number of imidazole rings is 1. The largest absolute Gasteiger partial charge is 0.330 e. The van der Waals surface area contributed by atoms with Gasteiger partial charge in [0.05, 0.1) is 11.2 Å². The average Bonchev–Trinajstić information content (AvgIpc) is 2.77. The van der Waals surface area contributed by atoms with E-state index in [0.29, 0.717) is 11.4 Å². The highest BCUT2D eigenvalue weighted by atomic mass is 32.2. The van der Waals surface area contributed by atoms with Crippen LogP contribution in [0.4, 0.5) is 0 Å². The third-order valence-electron chi connectivity index (χ3n) is 2.66. The van der Waals surface area contributed by atoms with Crippen molar-refractivity contribution in [2.75, 3.05) is 12.8 Å². The van der Waals surface area contributed by atoms with Gasteiger partial charge in [0.2, 0.25) is 0 Å².